The quantitative estimate of drug-likeness (QED) is 0.835. The Labute approximate surface area is 130 Å². The first-order valence-electron chi connectivity index (χ1n) is 6.47. The predicted octanol–water partition coefficient (Wildman–Crippen LogP) is 0.485. The number of primary amides is 1. The van der Waals surface area contributed by atoms with Gasteiger partial charge in [-0.05, 0) is 43.5 Å². The lowest BCUT2D eigenvalue weighted by Crippen LogP contribution is -2.30. The number of amides is 1. The van der Waals surface area contributed by atoms with Gasteiger partial charge in [0.25, 0.3) is 0 Å². The summed E-state index contributed by atoms with van der Waals surface area (Å²) in [6.07, 6.45) is 0.768. The molecule has 4 N–H and O–H groups in total. The maximum Gasteiger partial charge on any atom is 0.249 e. The van der Waals surface area contributed by atoms with Crippen molar-refractivity contribution in [2.45, 2.75) is 18.2 Å². The summed E-state index contributed by atoms with van der Waals surface area (Å²) in [5.41, 5.74) is 11.7. The number of carbonyl (C=O) groups excluding carboxylic acids is 1. The second-order valence-electron chi connectivity index (χ2n) is 5.09. The fraction of sp³-hybridized carbons (Fsp3) is 0.462. The van der Waals surface area contributed by atoms with Gasteiger partial charge >= 0.3 is 0 Å². The van der Waals surface area contributed by atoms with E-state index in [1.807, 2.05) is 0 Å². The van der Waals surface area contributed by atoms with Crippen molar-refractivity contribution in [1.29, 1.82) is 0 Å². The van der Waals surface area contributed by atoms with Gasteiger partial charge in [0.15, 0.2) is 0 Å². The van der Waals surface area contributed by atoms with Crippen LogP contribution in [0.5, 0.6) is 0 Å². The van der Waals surface area contributed by atoms with Crippen LogP contribution in [-0.4, -0.2) is 38.3 Å². The number of aryl methyl sites for hydroxylation is 1. The Morgan fingerprint density at radius 2 is 2.10 bits per heavy atom. The summed E-state index contributed by atoms with van der Waals surface area (Å²) < 4.78 is 26.4. The van der Waals surface area contributed by atoms with Crippen molar-refractivity contribution in [3.8, 4) is 0 Å². The van der Waals surface area contributed by atoms with E-state index in [4.69, 9.17) is 11.5 Å². The fourth-order valence-corrected chi connectivity index (χ4v) is 3.94. The smallest absolute Gasteiger partial charge is 0.249 e. The summed E-state index contributed by atoms with van der Waals surface area (Å²) in [6, 6.07) is 4.46. The predicted molar refractivity (Wildman–Crippen MR) is 82.9 cm³/mol. The first kappa shape index (κ1) is 17.9. The van der Waals surface area contributed by atoms with Crippen LogP contribution in [0, 0.1) is 12.8 Å². The molecule has 1 aromatic rings. The molecule has 118 valence electrons. The van der Waals surface area contributed by atoms with E-state index in [2.05, 4.69) is 0 Å². The van der Waals surface area contributed by atoms with E-state index < -0.39 is 15.9 Å². The van der Waals surface area contributed by atoms with Gasteiger partial charge in [0.2, 0.25) is 15.9 Å². The molecule has 0 radical (unpaired) electrons. The van der Waals surface area contributed by atoms with E-state index in [1.54, 1.807) is 13.0 Å². The van der Waals surface area contributed by atoms with Crippen molar-refractivity contribution in [1.82, 2.24) is 4.31 Å². The average molecular weight is 334 g/mol. The lowest BCUT2D eigenvalue weighted by atomic mass is 10.1. The summed E-state index contributed by atoms with van der Waals surface area (Å²) in [5, 5.41) is 0. The first-order chi connectivity index (χ1) is 9.36. The third-order valence-electron chi connectivity index (χ3n) is 3.69. The lowest BCUT2D eigenvalue weighted by molar-refractivity contribution is 0.0999. The van der Waals surface area contributed by atoms with Crippen LogP contribution in [0.2, 0.25) is 0 Å². The van der Waals surface area contributed by atoms with E-state index in [-0.39, 0.29) is 28.8 Å². The molecular formula is C13H20ClN3O3S. The molecule has 6 nitrogen and oxygen atoms in total. The Morgan fingerprint density at radius 1 is 1.43 bits per heavy atom. The van der Waals surface area contributed by atoms with Crippen molar-refractivity contribution in [3.05, 3.63) is 29.3 Å². The number of carbonyl (C=O) groups is 1. The number of rotatable bonds is 4. The zero-order valence-corrected chi connectivity index (χ0v) is 13.4. The Morgan fingerprint density at radius 3 is 2.62 bits per heavy atom. The molecule has 1 aliphatic heterocycles. The molecule has 1 heterocycles. The number of hydrogen-bond donors (Lipinski definition) is 2. The standard InChI is InChI=1S/C13H19N3O3S.ClH/c1-9-2-3-11(6-12(9)13(15)17)20(18,19)16-5-4-10(7-14)8-16;/h2-3,6,10H,4-5,7-8,14H2,1H3,(H2,15,17);1H. The number of benzene rings is 1. The average Bonchev–Trinajstić information content (AvgIpc) is 2.88. The number of nitrogens with zero attached hydrogens (tertiary/aromatic N) is 1. The normalized spacial score (nSPS) is 19.2. The molecule has 0 spiro atoms. The first-order valence-corrected chi connectivity index (χ1v) is 7.91. The van der Waals surface area contributed by atoms with E-state index in [9.17, 15) is 13.2 Å². The van der Waals surface area contributed by atoms with Gasteiger partial charge in [-0.1, -0.05) is 6.07 Å². The molecule has 0 saturated carbocycles. The fourth-order valence-electron chi connectivity index (χ4n) is 2.38. The number of hydrogen-bond acceptors (Lipinski definition) is 4. The van der Waals surface area contributed by atoms with Crippen molar-refractivity contribution in [2.24, 2.45) is 17.4 Å². The van der Waals surface area contributed by atoms with Gasteiger partial charge in [0.1, 0.15) is 0 Å². The second kappa shape index (κ2) is 6.74. The third kappa shape index (κ3) is 3.55. The van der Waals surface area contributed by atoms with E-state index in [1.165, 1.54) is 16.4 Å². The topological polar surface area (TPSA) is 106 Å². The van der Waals surface area contributed by atoms with E-state index in [0.29, 0.717) is 25.2 Å². The lowest BCUT2D eigenvalue weighted by Gasteiger charge is -2.17. The van der Waals surface area contributed by atoms with Crippen LogP contribution in [-0.2, 0) is 10.0 Å². The van der Waals surface area contributed by atoms with Crippen molar-refractivity contribution in [2.75, 3.05) is 19.6 Å². The van der Waals surface area contributed by atoms with Crippen molar-refractivity contribution in [3.63, 3.8) is 0 Å². The minimum absolute atomic E-state index is 0. The molecule has 1 amide bonds. The van der Waals surface area contributed by atoms with Crippen LogP contribution in [0.4, 0.5) is 0 Å². The zero-order chi connectivity index (χ0) is 14.9. The van der Waals surface area contributed by atoms with Gasteiger partial charge in [0.05, 0.1) is 4.90 Å². The summed E-state index contributed by atoms with van der Waals surface area (Å²) in [7, 11) is -3.58. The molecule has 2 rings (SSSR count). The van der Waals surface area contributed by atoms with Gasteiger partial charge in [-0.15, -0.1) is 12.4 Å². The molecule has 1 unspecified atom stereocenters. The molecule has 8 heteroatoms. The molecule has 1 fully saturated rings. The Hall–Kier alpha value is -1.15. The monoisotopic (exact) mass is 333 g/mol. The molecule has 21 heavy (non-hydrogen) atoms. The minimum Gasteiger partial charge on any atom is -0.366 e. The molecule has 1 atom stereocenters. The summed E-state index contributed by atoms with van der Waals surface area (Å²) in [5.74, 6) is -0.424. The van der Waals surface area contributed by atoms with Crippen molar-refractivity contribution < 1.29 is 13.2 Å². The summed E-state index contributed by atoms with van der Waals surface area (Å²) in [4.78, 5) is 11.4. The molecule has 1 saturated heterocycles. The number of sulfonamides is 1. The maximum atomic E-state index is 12.5. The van der Waals surface area contributed by atoms with Crippen molar-refractivity contribution >= 4 is 28.3 Å². The van der Waals surface area contributed by atoms with Crippen LogP contribution in [0.15, 0.2) is 23.1 Å². The Bertz CT molecular complexity index is 634. The van der Waals surface area contributed by atoms with Crippen LogP contribution >= 0.6 is 12.4 Å². The molecule has 0 bridgehead atoms. The van der Waals surface area contributed by atoms with Crippen LogP contribution in [0.3, 0.4) is 0 Å². The van der Waals surface area contributed by atoms with E-state index >= 15 is 0 Å². The second-order valence-corrected chi connectivity index (χ2v) is 7.03. The highest BCUT2D eigenvalue weighted by molar-refractivity contribution is 7.89. The zero-order valence-electron chi connectivity index (χ0n) is 11.8. The molecule has 0 aliphatic carbocycles. The number of halogens is 1. The van der Waals surface area contributed by atoms with E-state index in [0.717, 1.165) is 6.42 Å². The molecule has 1 aliphatic rings. The van der Waals surface area contributed by atoms with Gasteiger partial charge < -0.3 is 11.5 Å². The minimum atomic E-state index is -3.58. The van der Waals surface area contributed by atoms with Crippen LogP contribution in [0.1, 0.15) is 22.3 Å². The highest BCUT2D eigenvalue weighted by Crippen LogP contribution is 2.25. The van der Waals surface area contributed by atoms with Gasteiger partial charge in [0, 0.05) is 18.7 Å². The molecule has 1 aromatic carbocycles. The van der Waals surface area contributed by atoms with Crippen LogP contribution < -0.4 is 11.5 Å². The third-order valence-corrected chi connectivity index (χ3v) is 5.56. The number of nitrogens with two attached hydrogens (primary N) is 2. The SMILES string of the molecule is Cc1ccc(S(=O)(=O)N2CCC(CN)C2)cc1C(N)=O.Cl. The highest BCUT2D eigenvalue weighted by Gasteiger charge is 2.32. The summed E-state index contributed by atoms with van der Waals surface area (Å²) in [6.45, 7) is 3.09. The largest absolute Gasteiger partial charge is 0.366 e. The maximum absolute atomic E-state index is 12.5. The summed E-state index contributed by atoms with van der Waals surface area (Å²) >= 11 is 0. The molecular weight excluding hydrogens is 314 g/mol. The van der Waals surface area contributed by atoms with Crippen LogP contribution in [0.25, 0.3) is 0 Å². The van der Waals surface area contributed by atoms with Gasteiger partial charge in [-0.2, -0.15) is 4.31 Å². The van der Waals surface area contributed by atoms with Gasteiger partial charge in [-0.25, -0.2) is 8.42 Å². The Balaban J connectivity index is 0.00000220. The Kier molecular flexibility index (Phi) is 5.75. The highest BCUT2D eigenvalue weighted by atomic mass is 35.5. The van der Waals surface area contributed by atoms with Gasteiger partial charge in [-0.3, -0.25) is 4.79 Å². The molecule has 0 aromatic heterocycles.